The van der Waals surface area contributed by atoms with E-state index in [2.05, 4.69) is 15.3 Å². The Hall–Kier alpha value is -4.29. The van der Waals surface area contributed by atoms with E-state index in [0.29, 0.717) is 33.1 Å². The zero-order valence-corrected chi connectivity index (χ0v) is 19.0. The first-order valence-electron chi connectivity index (χ1n) is 10.5. The van der Waals surface area contributed by atoms with E-state index in [0.717, 1.165) is 22.4 Å². The molecule has 3 aromatic carbocycles. The molecule has 6 nitrogen and oxygen atoms in total. The lowest BCUT2D eigenvalue weighted by atomic mass is 10.0. The molecule has 7 heteroatoms. The van der Waals surface area contributed by atoms with E-state index >= 15 is 0 Å². The summed E-state index contributed by atoms with van der Waals surface area (Å²) in [6, 6.07) is 24.1. The molecule has 0 aliphatic heterocycles. The number of halogens is 1. The molecule has 5 aromatic rings. The molecule has 0 radical (unpaired) electrons. The highest BCUT2D eigenvalue weighted by Crippen LogP contribution is 2.31. The topological polar surface area (TPSA) is 77.0 Å². The van der Waals surface area contributed by atoms with Crippen molar-refractivity contribution in [2.75, 3.05) is 12.4 Å². The summed E-state index contributed by atoms with van der Waals surface area (Å²) in [5, 5.41) is 4.14. The Morgan fingerprint density at radius 2 is 1.71 bits per heavy atom. The average molecular weight is 467 g/mol. The van der Waals surface area contributed by atoms with Crippen molar-refractivity contribution >= 4 is 34.2 Å². The number of amides is 1. The van der Waals surface area contributed by atoms with Crippen molar-refractivity contribution in [1.29, 1.82) is 0 Å². The Balaban J connectivity index is 1.64. The van der Waals surface area contributed by atoms with Gasteiger partial charge in [-0.15, -0.1) is 0 Å². The zero-order chi connectivity index (χ0) is 23.5. The summed E-state index contributed by atoms with van der Waals surface area (Å²) >= 11 is 6.08. The number of nitrogens with zero attached hydrogens (tertiary/aromatic N) is 3. The molecule has 0 bridgehead atoms. The van der Waals surface area contributed by atoms with Crippen LogP contribution in [0.3, 0.4) is 0 Å². The molecule has 34 heavy (non-hydrogen) atoms. The van der Waals surface area contributed by atoms with E-state index in [9.17, 15) is 4.79 Å². The number of rotatable bonds is 5. The highest BCUT2D eigenvalue weighted by atomic mass is 35.5. The van der Waals surface area contributed by atoms with Crippen molar-refractivity contribution < 1.29 is 9.53 Å². The van der Waals surface area contributed by atoms with Crippen LogP contribution in [0.25, 0.3) is 33.4 Å². The first-order chi connectivity index (χ1) is 16.6. The Bertz CT molecular complexity index is 1510. The van der Waals surface area contributed by atoms with Gasteiger partial charge in [-0.05, 0) is 65.7 Å². The van der Waals surface area contributed by atoms with Crippen LogP contribution in [0.2, 0.25) is 5.02 Å². The highest BCUT2D eigenvalue weighted by Gasteiger charge is 2.15. The van der Waals surface area contributed by atoms with Gasteiger partial charge in [-0.2, -0.15) is 0 Å². The maximum Gasteiger partial charge on any atom is 0.256 e. The molecular weight excluding hydrogens is 448 g/mol. The van der Waals surface area contributed by atoms with E-state index in [1.54, 1.807) is 43.8 Å². The van der Waals surface area contributed by atoms with Crippen LogP contribution in [-0.4, -0.2) is 28.0 Å². The Kier molecular flexibility index (Phi) is 5.89. The summed E-state index contributed by atoms with van der Waals surface area (Å²) < 4.78 is 5.37. The van der Waals surface area contributed by atoms with Crippen molar-refractivity contribution in [2.24, 2.45) is 0 Å². The Morgan fingerprint density at radius 1 is 0.882 bits per heavy atom. The third-order valence-corrected chi connectivity index (χ3v) is 5.57. The monoisotopic (exact) mass is 466 g/mol. The Labute approximate surface area is 201 Å². The van der Waals surface area contributed by atoms with Crippen LogP contribution < -0.4 is 10.1 Å². The largest absolute Gasteiger partial charge is 0.497 e. The molecule has 0 aliphatic rings. The molecule has 0 spiro atoms. The first kappa shape index (κ1) is 21.6. The summed E-state index contributed by atoms with van der Waals surface area (Å²) in [6.45, 7) is 0. The molecule has 0 atom stereocenters. The van der Waals surface area contributed by atoms with Gasteiger partial charge >= 0.3 is 0 Å². The SMILES string of the molecule is COc1cccc(-c2ccc3nc(-c4cccnc4)nc(NC(=O)c4cccc(Cl)c4)c3c2)c1. The van der Waals surface area contributed by atoms with Gasteiger partial charge in [0.2, 0.25) is 0 Å². The molecule has 0 fully saturated rings. The number of fused-ring (bicyclic) bond motifs is 1. The van der Waals surface area contributed by atoms with Crippen LogP contribution in [0.4, 0.5) is 5.82 Å². The van der Waals surface area contributed by atoms with E-state index < -0.39 is 0 Å². The second-order valence-electron chi connectivity index (χ2n) is 7.57. The summed E-state index contributed by atoms with van der Waals surface area (Å²) in [5.74, 6) is 1.32. The second kappa shape index (κ2) is 9.29. The molecule has 5 rings (SSSR count). The first-order valence-corrected chi connectivity index (χ1v) is 10.9. The number of ether oxygens (including phenoxy) is 1. The maximum absolute atomic E-state index is 13.0. The van der Waals surface area contributed by atoms with Crippen LogP contribution in [0.5, 0.6) is 5.75 Å². The fourth-order valence-electron chi connectivity index (χ4n) is 3.64. The fraction of sp³-hybridized carbons (Fsp3) is 0.0370. The number of hydrogen-bond acceptors (Lipinski definition) is 5. The average Bonchev–Trinajstić information content (AvgIpc) is 2.89. The van der Waals surface area contributed by atoms with Gasteiger partial charge in [-0.3, -0.25) is 9.78 Å². The maximum atomic E-state index is 13.0. The molecule has 0 unspecified atom stereocenters. The highest BCUT2D eigenvalue weighted by molar-refractivity contribution is 6.31. The predicted molar refractivity (Wildman–Crippen MR) is 134 cm³/mol. The second-order valence-corrected chi connectivity index (χ2v) is 8.00. The standard InChI is InChI=1S/C27H19ClN4O2/c1-34-22-9-3-5-17(14-22)18-10-11-24-23(15-18)26(31-25(30-24)20-7-4-12-29-16-20)32-27(33)19-6-2-8-21(28)13-19/h2-16H,1H3,(H,30,31,32,33). The number of methoxy groups -OCH3 is 1. The van der Waals surface area contributed by atoms with E-state index in [4.69, 9.17) is 21.3 Å². The van der Waals surface area contributed by atoms with Gasteiger partial charge in [0.1, 0.15) is 11.6 Å². The molecular formula is C27H19ClN4O2. The van der Waals surface area contributed by atoms with Gasteiger partial charge in [0, 0.05) is 33.9 Å². The fourth-order valence-corrected chi connectivity index (χ4v) is 3.83. The number of aromatic nitrogens is 3. The lowest BCUT2D eigenvalue weighted by molar-refractivity contribution is 0.102. The minimum absolute atomic E-state index is 0.313. The number of carbonyl (C=O) groups excluding carboxylic acids is 1. The molecule has 0 saturated heterocycles. The number of nitrogens with one attached hydrogen (secondary N) is 1. The number of hydrogen-bond donors (Lipinski definition) is 1. The minimum Gasteiger partial charge on any atom is -0.497 e. The van der Waals surface area contributed by atoms with Crippen LogP contribution in [-0.2, 0) is 0 Å². The van der Waals surface area contributed by atoms with Gasteiger partial charge in [0.05, 0.1) is 12.6 Å². The van der Waals surface area contributed by atoms with Crippen molar-refractivity contribution in [2.45, 2.75) is 0 Å². The molecule has 1 N–H and O–H groups in total. The molecule has 2 heterocycles. The molecule has 166 valence electrons. The van der Waals surface area contributed by atoms with E-state index in [-0.39, 0.29) is 5.91 Å². The van der Waals surface area contributed by atoms with Crippen molar-refractivity contribution in [1.82, 2.24) is 15.0 Å². The normalized spacial score (nSPS) is 10.8. The smallest absolute Gasteiger partial charge is 0.256 e. The van der Waals surface area contributed by atoms with Gasteiger partial charge in [-0.25, -0.2) is 9.97 Å². The lowest BCUT2D eigenvalue weighted by Gasteiger charge is -2.12. The summed E-state index contributed by atoms with van der Waals surface area (Å²) in [5.41, 5.74) is 3.81. The molecule has 0 saturated carbocycles. The lowest BCUT2D eigenvalue weighted by Crippen LogP contribution is -2.14. The van der Waals surface area contributed by atoms with Crippen molar-refractivity contribution in [3.63, 3.8) is 0 Å². The number of anilines is 1. The summed E-state index contributed by atoms with van der Waals surface area (Å²) in [4.78, 5) is 26.6. The molecule has 2 aromatic heterocycles. The van der Waals surface area contributed by atoms with Gasteiger partial charge < -0.3 is 10.1 Å². The summed E-state index contributed by atoms with van der Waals surface area (Å²) in [6.07, 6.45) is 3.38. The van der Waals surface area contributed by atoms with E-state index in [1.165, 1.54) is 0 Å². The zero-order valence-electron chi connectivity index (χ0n) is 18.2. The van der Waals surface area contributed by atoms with E-state index in [1.807, 2.05) is 54.6 Å². The predicted octanol–water partition coefficient (Wildman–Crippen LogP) is 6.27. The Morgan fingerprint density at radius 3 is 2.50 bits per heavy atom. The van der Waals surface area contributed by atoms with Crippen LogP contribution in [0.15, 0.2) is 91.3 Å². The van der Waals surface area contributed by atoms with Gasteiger partial charge in [0.15, 0.2) is 5.82 Å². The van der Waals surface area contributed by atoms with Gasteiger partial charge in [0.25, 0.3) is 5.91 Å². The van der Waals surface area contributed by atoms with Crippen molar-refractivity contribution in [3.05, 3.63) is 102 Å². The summed E-state index contributed by atoms with van der Waals surface area (Å²) in [7, 11) is 1.64. The molecule has 1 amide bonds. The van der Waals surface area contributed by atoms with Crippen LogP contribution in [0.1, 0.15) is 10.4 Å². The number of benzene rings is 3. The van der Waals surface area contributed by atoms with Crippen LogP contribution in [0, 0.1) is 0 Å². The third-order valence-electron chi connectivity index (χ3n) is 5.34. The minimum atomic E-state index is -0.313. The third kappa shape index (κ3) is 4.44. The van der Waals surface area contributed by atoms with Gasteiger partial charge in [-0.1, -0.05) is 35.9 Å². The molecule has 0 aliphatic carbocycles. The van der Waals surface area contributed by atoms with Crippen LogP contribution >= 0.6 is 11.6 Å². The number of carbonyl (C=O) groups is 1. The number of pyridine rings is 1. The van der Waals surface area contributed by atoms with Crippen molar-refractivity contribution in [3.8, 4) is 28.3 Å². The quantitative estimate of drug-likeness (QED) is 0.330.